The minimum absolute atomic E-state index is 0.245. The van der Waals surface area contributed by atoms with E-state index in [2.05, 4.69) is 20.6 Å². The van der Waals surface area contributed by atoms with Crippen molar-refractivity contribution in [3.63, 3.8) is 0 Å². The molecule has 0 saturated carbocycles. The first-order valence-corrected chi connectivity index (χ1v) is 5.23. The molecule has 1 aromatic heterocycles. The lowest BCUT2D eigenvalue weighted by atomic mass is 10.2. The third-order valence-electron chi connectivity index (χ3n) is 2.02. The Morgan fingerprint density at radius 1 is 1.44 bits per heavy atom. The van der Waals surface area contributed by atoms with Crippen molar-refractivity contribution in [3.8, 4) is 0 Å². The molecule has 0 saturated heterocycles. The quantitative estimate of drug-likeness (QED) is 0.828. The van der Waals surface area contributed by atoms with Gasteiger partial charge >= 0.3 is 0 Å². The molecular weight excluding hydrogens is 229 g/mol. The molecule has 1 amide bonds. The van der Waals surface area contributed by atoms with Gasteiger partial charge in [0.05, 0.1) is 11.7 Å². The van der Waals surface area contributed by atoms with E-state index in [1.54, 1.807) is 6.07 Å². The van der Waals surface area contributed by atoms with E-state index in [0.717, 1.165) is 28.3 Å². The molecule has 16 heavy (non-hydrogen) atoms. The van der Waals surface area contributed by atoms with Gasteiger partial charge in [-0.25, -0.2) is 4.39 Å². The molecule has 0 aliphatic rings. The van der Waals surface area contributed by atoms with E-state index in [1.807, 2.05) is 12.1 Å². The molecule has 2 aromatic rings. The molecule has 0 atom stereocenters. The number of hydrogen-bond acceptors (Lipinski definition) is 4. The number of halogens is 1. The first kappa shape index (κ1) is 10.7. The number of carbonyl (C=O) groups is 1. The fraction of sp³-hybridized carbons (Fsp3) is 0.100. The second kappa shape index (κ2) is 4.36. The average molecular weight is 237 g/mol. The monoisotopic (exact) mass is 237 g/mol. The number of hydrogen-bond donors (Lipinski definition) is 1. The molecule has 0 radical (unpaired) electrons. The summed E-state index contributed by atoms with van der Waals surface area (Å²) in [6.45, 7) is 3.15. The van der Waals surface area contributed by atoms with Gasteiger partial charge in [0.25, 0.3) is 5.91 Å². The molecule has 6 heteroatoms. The highest BCUT2D eigenvalue weighted by atomic mass is 32.1. The zero-order valence-corrected chi connectivity index (χ0v) is 9.05. The smallest absolute Gasteiger partial charge is 0.279 e. The number of carbonyl (C=O) groups excluding carboxylic acids is 1. The standard InChI is InChI=1S/C10H8FN3OS/c1-6(11)10(15)12-5-7-2-3-8-9(4-7)14-16-13-8/h2-4H,1,5H2,(H,12,15). The Morgan fingerprint density at radius 2 is 2.19 bits per heavy atom. The predicted octanol–water partition coefficient (Wildman–Crippen LogP) is 1.79. The van der Waals surface area contributed by atoms with Gasteiger partial charge in [-0.3, -0.25) is 4.79 Å². The number of fused-ring (bicyclic) bond motifs is 1. The van der Waals surface area contributed by atoms with Crippen LogP contribution in [-0.2, 0) is 11.3 Å². The number of amides is 1. The second-order valence-electron chi connectivity index (χ2n) is 3.17. The Hall–Kier alpha value is -1.82. The minimum atomic E-state index is -0.989. The first-order valence-electron chi connectivity index (χ1n) is 4.50. The van der Waals surface area contributed by atoms with Crippen LogP contribution in [0.2, 0.25) is 0 Å². The lowest BCUT2D eigenvalue weighted by molar-refractivity contribution is -0.119. The van der Waals surface area contributed by atoms with Crippen LogP contribution in [0, 0.1) is 0 Å². The van der Waals surface area contributed by atoms with Crippen LogP contribution in [0.5, 0.6) is 0 Å². The van der Waals surface area contributed by atoms with Gasteiger partial charge in [-0.2, -0.15) is 8.75 Å². The van der Waals surface area contributed by atoms with Gasteiger partial charge in [-0.05, 0) is 17.7 Å². The molecular formula is C10H8FN3OS. The van der Waals surface area contributed by atoms with Crippen LogP contribution in [0.25, 0.3) is 11.0 Å². The van der Waals surface area contributed by atoms with Crippen molar-refractivity contribution in [1.29, 1.82) is 0 Å². The fourth-order valence-electron chi connectivity index (χ4n) is 1.22. The summed E-state index contributed by atoms with van der Waals surface area (Å²) >= 11 is 1.13. The second-order valence-corrected chi connectivity index (χ2v) is 3.70. The summed E-state index contributed by atoms with van der Waals surface area (Å²) in [4.78, 5) is 10.9. The predicted molar refractivity (Wildman–Crippen MR) is 59.5 cm³/mol. The van der Waals surface area contributed by atoms with E-state index in [4.69, 9.17) is 0 Å². The number of rotatable bonds is 3. The maximum atomic E-state index is 12.4. The van der Waals surface area contributed by atoms with Crippen LogP contribution in [0.3, 0.4) is 0 Å². The number of benzene rings is 1. The first-order chi connectivity index (χ1) is 7.66. The third kappa shape index (κ3) is 2.22. The normalized spacial score (nSPS) is 10.3. The minimum Gasteiger partial charge on any atom is -0.346 e. The Labute approximate surface area is 95.1 Å². The van der Waals surface area contributed by atoms with Crippen molar-refractivity contribution in [3.05, 3.63) is 36.2 Å². The summed E-state index contributed by atoms with van der Waals surface area (Å²) < 4.78 is 20.5. The average Bonchev–Trinajstić information content (AvgIpc) is 2.72. The summed E-state index contributed by atoms with van der Waals surface area (Å²) in [5.74, 6) is -1.78. The maximum absolute atomic E-state index is 12.4. The van der Waals surface area contributed by atoms with E-state index in [0.29, 0.717) is 0 Å². The summed E-state index contributed by atoms with van der Waals surface area (Å²) in [5.41, 5.74) is 2.43. The fourth-order valence-corrected chi connectivity index (χ4v) is 1.73. The van der Waals surface area contributed by atoms with Crippen LogP contribution >= 0.6 is 11.7 Å². The van der Waals surface area contributed by atoms with Gasteiger partial charge in [0.2, 0.25) is 0 Å². The Balaban J connectivity index is 2.09. The van der Waals surface area contributed by atoms with Gasteiger partial charge in [0.1, 0.15) is 11.0 Å². The highest BCUT2D eigenvalue weighted by molar-refractivity contribution is 7.00. The lowest BCUT2D eigenvalue weighted by Gasteiger charge is -2.02. The van der Waals surface area contributed by atoms with Crippen LogP contribution in [0.1, 0.15) is 5.56 Å². The van der Waals surface area contributed by atoms with Crippen molar-refractivity contribution in [2.45, 2.75) is 6.54 Å². The lowest BCUT2D eigenvalue weighted by Crippen LogP contribution is -2.22. The van der Waals surface area contributed by atoms with E-state index in [9.17, 15) is 9.18 Å². The van der Waals surface area contributed by atoms with Gasteiger partial charge in [0.15, 0.2) is 5.83 Å². The summed E-state index contributed by atoms with van der Waals surface area (Å²) in [5, 5.41) is 2.40. The van der Waals surface area contributed by atoms with Crippen molar-refractivity contribution >= 4 is 28.7 Å². The molecule has 0 fully saturated rings. The van der Waals surface area contributed by atoms with Crippen LogP contribution in [0.4, 0.5) is 4.39 Å². The highest BCUT2D eigenvalue weighted by Crippen LogP contribution is 2.13. The zero-order chi connectivity index (χ0) is 11.5. The van der Waals surface area contributed by atoms with Gasteiger partial charge < -0.3 is 5.32 Å². The summed E-state index contributed by atoms with van der Waals surface area (Å²) in [6.07, 6.45) is 0. The molecule has 2 rings (SSSR count). The zero-order valence-electron chi connectivity index (χ0n) is 8.24. The number of nitrogens with one attached hydrogen (secondary N) is 1. The Bertz CT molecular complexity index is 552. The SMILES string of the molecule is C=C(F)C(=O)NCc1ccc2nsnc2c1. The van der Waals surface area contributed by atoms with Crippen molar-refractivity contribution in [2.24, 2.45) is 0 Å². The van der Waals surface area contributed by atoms with Gasteiger partial charge in [0, 0.05) is 6.54 Å². The number of nitrogens with zero attached hydrogens (tertiary/aromatic N) is 2. The van der Waals surface area contributed by atoms with Crippen LogP contribution in [-0.4, -0.2) is 14.7 Å². The summed E-state index contributed by atoms with van der Waals surface area (Å²) in [6, 6.07) is 5.43. The third-order valence-corrected chi connectivity index (χ3v) is 2.57. The van der Waals surface area contributed by atoms with Gasteiger partial charge in [-0.15, -0.1) is 0 Å². The van der Waals surface area contributed by atoms with E-state index in [-0.39, 0.29) is 6.54 Å². The van der Waals surface area contributed by atoms with Crippen molar-refractivity contribution in [1.82, 2.24) is 14.1 Å². The van der Waals surface area contributed by atoms with Crippen LogP contribution < -0.4 is 5.32 Å². The largest absolute Gasteiger partial charge is 0.346 e. The molecule has 0 aliphatic carbocycles. The Morgan fingerprint density at radius 3 is 2.94 bits per heavy atom. The highest BCUT2D eigenvalue weighted by Gasteiger charge is 2.05. The summed E-state index contributed by atoms with van der Waals surface area (Å²) in [7, 11) is 0. The molecule has 1 N–H and O–H groups in total. The molecule has 0 spiro atoms. The van der Waals surface area contributed by atoms with E-state index >= 15 is 0 Å². The molecule has 4 nitrogen and oxygen atoms in total. The van der Waals surface area contributed by atoms with E-state index in [1.165, 1.54) is 0 Å². The van der Waals surface area contributed by atoms with Gasteiger partial charge in [-0.1, -0.05) is 12.6 Å². The van der Waals surface area contributed by atoms with Crippen molar-refractivity contribution in [2.75, 3.05) is 0 Å². The molecule has 1 aromatic carbocycles. The topological polar surface area (TPSA) is 54.9 Å². The van der Waals surface area contributed by atoms with Crippen LogP contribution in [0.15, 0.2) is 30.6 Å². The molecule has 0 aliphatic heterocycles. The maximum Gasteiger partial charge on any atom is 0.279 e. The molecule has 0 bridgehead atoms. The molecule has 0 unspecified atom stereocenters. The molecule has 1 heterocycles. The van der Waals surface area contributed by atoms with Crippen molar-refractivity contribution < 1.29 is 9.18 Å². The molecule has 82 valence electrons. The Kier molecular flexibility index (Phi) is 2.91. The van der Waals surface area contributed by atoms with E-state index < -0.39 is 11.7 Å². The number of aromatic nitrogens is 2.